The lowest BCUT2D eigenvalue weighted by molar-refractivity contribution is -0.384. The van der Waals surface area contributed by atoms with Gasteiger partial charge in [-0.3, -0.25) is 14.9 Å². The van der Waals surface area contributed by atoms with Gasteiger partial charge in [0.1, 0.15) is 0 Å². The summed E-state index contributed by atoms with van der Waals surface area (Å²) < 4.78 is 0. The van der Waals surface area contributed by atoms with Crippen molar-refractivity contribution >= 4 is 17.2 Å². The Morgan fingerprint density at radius 1 is 1.22 bits per heavy atom. The molecule has 0 amide bonds. The van der Waals surface area contributed by atoms with Crippen molar-refractivity contribution in [3.8, 4) is 0 Å². The van der Waals surface area contributed by atoms with E-state index in [-0.39, 0.29) is 11.5 Å². The maximum Gasteiger partial charge on any atom is 0.271 e. The molecule has 5 heteroatoms. The summed E-state index contributed by atoms with van der Waals surface area (Å²) in [5.41, 5.74) is 3.25. The highest BCUT2D eigenvalue weighted by atomic mass is 16.6. The molecular formula is C18H18N2O3. The van der Waals surface area contributed by atoms with Crippen LogP contribution in [-0.2, 0) is 6.42 Å². The van der Waals surface area contributed by atoms with Gasteiger partial charge in [-0.05, 0) is 24.5 Å². The maximum absolute atomic E-state index is 12.1. The molecule has 2 aromatic rings. The lowest BCUT2D eigenvalue weighted by atomic mass is 10.1. The number of hydrogen-bond acceptors (Lipinski definition) is 4. The number of carbonyl (C=O) groups is 1. The number of rotatable bonds is 6. The standard InChI is InChI=1S/C18H18N2O3/c1-3-14-5-7-15(8-6-14)18(21)10-11-19-17-12-16(20(22)23)9-4-13(17)2/h4-12,19H,3H2,1-2H3/b11-10-. The highest BCUT2D eigenvalue weighted by Gasteiger charge is 2.07. The van der Waals surface area contributed by atoms with Crippen molar-refractivity contribution in [2.45, 2.75) is 20.3 Å². The van der Waals surface area contributed by atoms with Gasteiger partial charge in [0.25, 0.3) is 5.69 Å². The number of benzene rings is 2. The number of non-ortho nitro benzene ring substituents is 1. The van der Waals surface area contributed by atoms with E-state index in [9.17, 15) is 14.9 Å². The third-order valence-corrected chi connectivity index (χ3v) is 3.55. The van der Waals surface area contributed by atoms with E-state index < -0.39 is 4.92 Å². The van der Waals surface area contributed by atoms with E-state index in [1.165, 1.54) is 30.0 Å². The molecule has 0 fully saturated rings. The van der Waals surface area contributed by atoms with Crippen LogP contribution >= 0.6 is 0 Å². The van der Waals surface area contributed by atoms with Gasteiger partial charge >= 0.3 is 0 Å². The summed E-state index contributed by atoms with van der Waals surface area (Å²) in [4.78, 5) is 22.4. The van der Waals surface area contributed by atoms with Crippen molar-refractivity contribution < 1.29 is 9.72 Å². The van der Waals surface area contributed by atoms with Crippen LogP contribution in [0.15, 0.2) is 54.7 Å². The molecule has 0 bridgehead atoms. The van der Waals surface area contributed by atoms with Crippen LogP contribution in [0.5, 0.6) is 0 Å². The first-order chi connectivity index (χ1) is 11.0. The minimum atomic E-state index is -0.450. The Labute approximate surface area is 134 Å². The Balaban J connectivity index is 2.07. The number of ketones is 1. The van der Waals surface area contributed by atoms with Gasteiger partial charge in [-0.15, -0.1) is 0 Å². The van der Waals surface area contributed by atoms with Gasteiger partial charge in [-0.2, -0.15) is 0 Å². The minimum Gasteiger partial charge on any atom is -0.361 e. The smallest absolute Gasteiger partial charge is 0.271 e. The second-order valence-electron chi connectivity index (χ2n) is 5.15. The molecule has 0 aliphatic rings. The zero-order valence-electron chi connectivity index (χ0n) is 13.1. The lowest BCUT2D eigenvalue weighted by Gasteiger charge is -2.05. The van der Waals surface area contributed by atoms with Crippen LogP contribution in [-0.4, -0.2) is 10.7 Å². The SMILES string of the molecule is CCc1ccc(C(=O)/C=C\Nc2cc([N+](=O)[O-])ccc2C)cc1. The minimum absolute atomic E-state index is 0.00739. The summed E-state index contributed by atoms with van der Waals surface area (Å²) in [7, 11) is 0. The molecule has 0 radical (unpaired) electrons. The Morgan fingerprint density at radius 3 is 2.52 bits per heavy atom. The van der Waals surface area contributed by atoms with E-state index >= 15 is 0 Å². The first kappa shape index (κ1) is 16.4. The molecule has 1 N–H and O–H groups in total. The molecule has 0 unspecified atom stereocenters. The predicted molar refractivity (Wildman–Crippen MR) is 90.7 cm³/mol. The molecule has 0 atom stereocenters. The van der Waals surface area contributed by atoms with E-state index in [0.717, 1.165) is 12.0 Å². The fourth-order valence-electron chi connectivity index (χ4n) is 2.09. The van der Waals surface area contributed by atoms with Crippen LogP contribution in [0.2, 0.25) is 0 Å². The molecule has 0 aromatic heterocycles. The molecule has 118 valence electrons. The molecule has 2 aromatic carbocycles. The lowest BCUT2D eigenvalue weighted by Crippen LogP contribution is -1.98. The van der Waals surface area contributed by atoms with E-state index in [2.05, 4.69) is 12.2 Å². The van der Waals surface area contributed by atoms with Gasteiger partial charge < -0.3 is 5.32 Å². The number of allylic oxidation sites excluding steroid dienone is 1. The van der Waals surface area contributed by atoms with Crippen molar-refractivity contribution in [2.24, 2.45) is 0 Å². The first-order valence-corrected chi connectivity index (χ1v) is 7.32. The average Bonchev–Trinajstić information content (AvgIpc) is 2.56. The number of nitrogens with zero attached hydrogens (tertiary/aromatic N) is 1. The highest BCUT2D eigenvalue weighted by Crippen LogP contribution is 2.21. The summed E-state index contributed by atoms with van der Waals surface area (Å²) in [6.07, 6.45) is 3.85. The van der Waals surface area contributed by atoms with Crippen LogP contribution in [0.1, 0.15) is 28.4 Å². The highest BCUT2D eigenvalue weighted by molar-refractivity contribution is 6.04. The van der Waals surface area contributed by atoms with Gasteiger partial charge in [0.15, 0.2) is 5.78 Å². The Kier molecular flexibility index (Phi) is 5.25. The van der Waals surface area contributed by atoms with Crippen molar-refractivity contribution in [3.05, 3.63) is 81.5 Å². The van der Waals surface area contributed by atoms with Crippen molar-refractivity contribution in [2.75, 3.05) is 5.32 Å². The zero-order valence-corrected chi connectivity index (χ0v) is 13.1. The normalized spacial score (nSPS) is 10.7. The molecule has 0 aliphatic heterocycles. The Morgan fingerprint density at radius 2 is 1.91 bits per heavy atom. The molecule has 0 spiro atoms. The maximum atomic E-state index is 12.1. The fourth-order valence-corrected chi connectivity index (χ4v) is 2.09. The predicted octanol–water partition coefficient (Wildman–Crippen LogP) is 4.27. The number of aryl methyl sites for hydroxylation is 2. The van der Waals surface area contributed by atoms with Crippen LogP contribution in [0.4, 0.5) is 11.4 Å². The van der Waals surface area contributed by atoms with E-state index in [0.29, 0.717) is 11.3 Å². The van der Waals surface area contributed by atoms with Gasteiger partial charge in [-0.25, -0.2) is 0 Å². The quantitative estimate of drug-likeness (QED) is 0.374. The fraction of sp³-hybridized carbons (Fsp3) is 0.167. The molecule has 0 aliphatic carbocycles. The number of carbonyl (C=O) groups excluding carboxylic acids is 1. The summed E-state index contributed by atoms with van der Waals surface area (Å²) >= 11 is 0. The Bertz CT molecular complexity index is 749. The van der Waals surface area contributed by atoms with Crippen LogP contribution in [0.3, 0.4) is 0 Å². The third kappa shape index (κ3) is 4.26. The van der Waals surface area contributed by atoms with Gasteiger partial charge in [0.2, 0.25) is 0 Å². The van der Waals surface area contributed by atoms with Crippen LogP contribution < -0.4 is 5.32 Å². The summed E-state index contributed by atoms with van der Waals surface area (Å²) in [6, 6.07) is 12.0. The molecule has 23 heavy (non-hydrogen) atoms. The summed E-state index contributed by atoms with van der Waals surface area (Å²) in [6.45, 7) is 3.90. The Hall–Kier alpha value is -2.95. The average molecular weight is 310 g/mol. The topological polar surface area (TPSA) is 72.2 Å². The molecule has 0 saturated carbocycles. The third-order valence-electron chi connectivity index (χ3n) is 3.55. The monoisotopic (exact) mass is 310 g/mol. The second kappa shape index (κ2) is 7.35. The van der Waals surface area contributed by atoms with E-state index in [4.69, 9.17) is 0 Å². The molecule has 0 saturated heterocycles. The molecule has 2 rings (SSSR count). The number of anilines is 1. The van der Waals surface area contributed by atoms with Crippen molar-refractivity contribution in [1.29, 1.82) is 0 Å². The van der Waals surface area contributed by atoms with Crippen molar-refractivity contribution in [3.63, 3.8) is 0 Å². The van der Waals surface area contributed by atoms with Crippen LogP contribution in [0, 0.1) is 17.0 Å². The van der Waals surface area contributed by atoms with Crippen LogP contribution in [0.25, 0.3) is 0 Å². The number of nitrogens with one attached hydrogen (secondary N) is 1. The van der Waals surface area contributed by atoms with Crippen molar-refractivity contribution in [1.82, 2.24) is 0 Å². The van der Waals surface area contributed by atoms with E-state index in [1.54, 1.807) is 18.2 Å². The molecule has 0 heterocycles. The summed E-state index contributed by atoms with van der Waals surface area (Å²) in [5, 5.41) is 13.7. The molecular weight excluding hydrogens is 292 g/mol. The van der Waals surface area contributed by atoms with Gasteiger partial charge in [0.05, 0.1) is 4.92 Å². The summed E-state index contributed by atoms with van der Waals surface area (Å²) in [5.74, 6) is -0.122. The zero-order chi connectivity index (χ0) is 16.8. The first-order valence-electron chi connectivity index (χ1n) is 7.32. The van der Waals surface area contributed by atoms with Gasteiger partial charge in [0, 0.05) is 35.7 Å². The number of hydrogen-bond donors (Lipinski definition) is 1. The molecule has 5 nitrogen and oxygen atoms in total. The van der Waals surface area contributed by atoms with E-state index in [1.807, 2.05) is 19.1 Å². The number of nitro benzene ring substituents is 1. The van der Waals surface area contributed by atoms with Gasteiger partial charge in [-0.1, -0.05) is 37.3 Å². The largest absolute Gasteiger partial charge is 0.361 e. The number of nitro groups is 1. The second-order valence-corrected chi connectivity index (χ2v) is 5.15.